The summed E-state index contributed by atoms with van der Waals surface area (Å²) in [5.74, 6) is -4.52. The Labute approximate surface area is 194 Å². The lowest BCUT2D eigenvalue weighted by Gasteiger charge is -2.24. The third-order valence-electron chi connectivity index (χ3n) is 5.34. The van der Waals surface area contributed by atoms with Gasteiger partial charge in [0.1, 0.15) is 6.33 Å². The molecular formula is C23H24F3N7O. The molecule has 0 bridgehead atoms. The number of carbonyl (C=O) groups is 1. The minimum absolute atomic E-state index is 0.0501. The van der Waals surface area contributed by atoms with Gasteiger partial charge < -0.3 is 16.0 Å². The van der Waals surface area contributed by atoms with E-state index < -0.39 is 23.5 Å². The summed E-state index contributed by atoms with van der Waals surface area (Å²) >= 11 is 0. The number of alkyl halides is 2. The van der Waals surface area contributed by atoms with Crippen molar-refractivity contribution in [1.29, 1.82) is 0 Å². The number of primary amides is 1. The first-order valence-corrected chi connectivity index (χ1v) is 10.8. The summed E-state index contributed by atoms with van der Waals surface area (Å²) in [4.78, 5) is 28.5. The van der Waals surface area contributed by atoms with E-state index in [1.54, 1.807) is 17.0 Å². The Morgan fingerprint density at radius 1 is 1.09 bits per heavy atom. The Balaban J connectivity index is 1.47. The third-order valence-corrected chi connectivity index (χ3v) is 5.34. The quantitative estimate of drug-likeness (QED) is 0.467. The van der Waals surface area contributed by atoms with Crippen LogP contribution >= 0.6 is 0 Å². The minimum Gasteiger partial charge on any atom is -0.369 e. The molecule has 2 heterocycles. The van der Waals surface area contributed by atoms with Crippen molar-refractivity contribution in [2.24, 2.45) is 5.73 Å². The fourth-order valence-electron chi connectivity index (χ4n) is 3.47. The molecule has 1 fully saturated rings. The van der Waals surface area contributed by atoms with E-state index in [1.165, 1.54) is 18.7 Å². The summed E-state index contributed by atoms with van der Waals surface area (Å²) in [6.07, 6.45) is 5.84. The lowest BCUT2D eigenvalue weighted by atomic mass is 10.1. The molecule has 0 unspecified atom stereocenters. The number of amides is 1. The normalized spacial score (nSPS) is 13.5. The van der Waals surface area contributed by atoms with Crippen LogP contribution in [0.1, 0.15) is 42.3 Å². The van der Waals surface area contributed by atoms with Crippen LogP contribution in [0.3, 0.4) is 0 Å². The largest absolute Gasteiger partial charge is 0.369 e. The molecular weight excluding hydrogens is 447 g/mol. The van der Waals surface area contributed by atoms with Crippen LogP contribution in [0.5, 0.6) is 0 Å². The molecule has 2 aromatic heterocycles. The van der Waals surface area contributed by atoms with Crippen LogP contribution in [0.15, 0.2) is 43.0 Å². The van der Waals surface area contributed by atoms with Gasteiger partial charge in [-0.2, -0.15) is 13.2 Å². The molecule has 0 spiro atoms. The van der Waals surface area contributed by atoms with Gasteiger partial charge in [0.05, 0.1) is 6.42 Å². The lowest BCUT2D eigenvalue weighted by Crippen LogP contribution is -2.28. The number of aromatic nitrogens is 4. The molecule has 0 saturated heterocycles. The highest BCUT2D eigenvalue weighted by molar-refractivity contribution is 5.76. The van der Waals surface area contributed by atoms with Crippen molar-refractivity contribution in [3.05, 3.63) is 71.3 Å². The molecule has 0 aliphatic heterocycles. The smallest absolute Gasteiger partial charge is 0.303 e. The molecule has 0 radical (unpaired) electrons. The first-order valence-electron chi connectivity index (χ1n) is 10.8. The first-order chi connectivity index (χ1) is 16.2. The van der Waals surface area contributed by atoms with E-state index in [4.69, 9.17) is 5.73 Å². The van der Waals surface area contributed by atoms with Crippen LogP contribution in [0, 0.1) is 5.82 Å². The predicted molar refractivity (Wildman–Crippen MR) is 119 cm³/mol. The number of benzene rings is 1. The summed E-state index contributed by atoms with van der Waals surface area (Å²) in [6, 6.07) is 7.32. The summed E-state index contributed by atoms with van der Waals surface area (Å²) in [7, 11) is 0. The Morgan fingerprint density at radius 2 is 1.74 bits per heavy atom. The topological polar surface area (TPSA) is 110 Å². The fourth-order valence-corrected chi connectivity index (χ4v) is 3.47. The Hall–Kier alpha value is -3.76. The molecule has 1 saturated carbocycles. The van der Waals surface area contributed by atoms with Gasteiger partial charge >= 0.3 is 5.92 Å². The number of nitrogens with one attached hydrogen (secondary N) is 1. The second kappa shape index (κ2) is 9.62. The number of anilines is 2. The van der Waals surface area contributed by atoms with Crippen molar-refractivity contribution in [3.63, 3.8) is 0 Å². The molecule has 1 aliphatic rings. The summed E-state index contributed by atoms with van der Waals surface area (Å²) in [5.41, 5.74) is 7.44. The zero-order chi connectivity index (χ0) is 24.3. The molecule has 0 atom stereocenters. The van der Waals surface area contributed by atoms with Crippen LogP contribution in [0.25, 0.3) is 0 Å². The number of halogens is 3. The van der Waals surface area contributed by atoms with E-state index >= 15 is 4.39 Å². The first kappa shape index (κ1) is 23.4. The zero-order valence-corrected chi connectivity index (χ0v) is 18.5. The molecule has 178 valence electrons. The number of carbonyl (C=O) groups excluding carboxylic acids is 1. The number of nitrogens with zero attached hydrogens (tertiary/aromatic N) is 5. The summed E-state index contributed by atoms with van der Waals surface area (Å²) < 4.78 is 42.1. The van der Waals surface area contributed by atoms with Crippen molar-refractivity contribution in [2.75, 3.05) is 10.2 Å². The fraction of sp³-hybridized carbons (Fsp3) is 0.348. The van der Waals surface area contributed by atoms with Crippen molar-refractivity contribution in [1.82, 2.24) is 19.9 Å². The maximum absolute atomic E-state index is 15.3. The van der Waals surface area contributed by atoms with Crippen molar-refractivity contribution in [3.8, 4) is 0 Å². The molecule has 1 aromatic carbocycles. The van der Waals surface area contributed by atoms with E-state index in [-0.39, 0.29) is 30.6 Å². The summed E-state index contributed by atoms with van der Waals surface area (Å²) in [5, 5.41) is 2.98. The standard InChI is InChI=1S/C23H24F3N7O/c1-23(25,26)22-29-10-16(11-30-22)12-33(17-6-7-17)21-19(24)20(31-13-32-21)28-9-15-4-2-14(3-5-15)8-18(27)34/h2-5,10-11,13,17H,6-9,12H2,1H3,(H2,27,34)(H,28,31,32). The van der Waals surface area contributed by atoms with Gasteiger partial charge in [0.25, 0.3) is 0 Å². The van der Waals surface area contributed by atoms with Gasteiger partial charge in [0.2, 0.25) is 11.7 Å². The van der Waals surface area contributed by atoms with Gasteiger partial charge in [-0.1, -0.05) is 24.3 Å². The number of rotatable bonds is 10. The van der Waals surface area contributed by atoms with Gasteiger partial charge in [-0.05, 0) is 24.0 Å². The third kappa shape index (κ3) is 5.77. The van der Waals surface area contributed by atoms with Crippen LogP contribution in [-0.2, 0) is 30.2 Å². The maximum Gasteiger partial charge on any atom is 0.303 e. The highest BCUT2D eigenvalue weighted by atomic mass is 19.3. The highest BCUT2D eigenvalue weighted by Gasteiger charge is 2.33. The van der Waals surface area contributed by atoms with E-state index in [0.717, 1.165) is 30.9 Å². The van der Waals surface area contributed by atoms with Crippen molar-refractivity contribution >= 4 is 17.5 Å². The molecule has 3 aromatic rings. The number of hydrogen-bond donors (Lipinski definition) is 2. The second-order valence-electron chi connectivity index (χ2n) is 8.34. The van der Waals surface area contributed by atoms with Gasteiger partial charge in [-0.25, -0.2) is 19.9 Å². The van der Waals surface area contributed by atoms with Crippen LogP contribution in [0.4, 0.5) is 24.8 Å². The second-order valence-corrected chi connectivity index (χ2v) is 8.34. The SMILES string of the molecule is CC(F)(F)c1ncc(CN(c2ncnc(NCc3ccc(CC(N)=O)cc3)c2F)C2CC2)cn1. The predicted octanol–water partition coefficient (Wildman–Crippen LogP) is 3.33. The number of nitrogens with two attached hydrogens (primary N) is 1. The molecule has 3 N–H and O–H groups in total. The molecule has 34 heavy (non-hydrogen) atoms. The Morgan fingerprint density at radius 3 is 2.32 bits per heavy atom. The monoisotopic (exact) mass is 471 g/mol. The van der Waals surface area contributed by atoms with Crippen LogP contribution < -0.4 is 16.0 Å². The zero-order valence-electron chi connectivity index (χ0n) is 18.5. The Kier molecular flexibility index (Phi) is 6.62. The van der Waals surface area contributed by atoms with Gasteiger partial charge in [0, 0.05) is 44.0 Å². The molecule has 8 nitrogen and oxygen atoms in total. The van der Waals surface area contributed by atoms with E-state index in [2.05, 4.69) is 25.3 Å². The average molecular weight is 471 g/mol. The van der Waals surface area contributed by atoms with E-state index in [0.29, 0.717) is 12.1 Å². The van der Waals surface area contributed by atoms with Gasteiger partial charge in [-0.3, -0.25) is 4.79 Å². The maximum atomic E-state index is 15.3. The van der Waals surface area contributed by atoms with Crippen LogP contribution in [-0.4, -0.2) is 31.9 Å². The van der Waals surface area contributed by atoms with Crippen LogP contribution in [0.2, 0.25) is 0 Å². The van der Waals surface area contributed by atoms with E-state index in [9.17, 15) is 13.6 Å². The highest BCUT2D eigenvalue weighted by Crippen LogP contribution is 2.34. The molecule has 1 amide bonds. The Bertz CT molecular complexity index is 1150. The minimum atomic E-state index is -3.13. The summed E-state index contributed by atoms with van der Waals surface area (Å²) in [6.45, 7) is 1.28. The van der Waals surface area contributed by atoms with Gasteiger partial charge in [-0.15, -0.1) is 0 Å². The molecule has 1 aliphatic carbocycles. The van der Waals surface area contributed by atoms with Crippen molar-refractivity contribution in [2.45, 2.75) is 51.2 Å². The molecule has 11 heteroatoms. The van der Waals surface area contributed by atoms with Gasteiger partial charge in [0.15, 0.2) is 17.5 Å². The lowest BCUT2D eigenvalue weighted by molar-refractivity contribution is -0.117. The molecule has 4 rings (SSSR count). The number of hydrogen-bond acceptors (Lipinski definition) is 7. The van der Waals surface area contributed by atoms with E-state index in [1.807, 2.05) is 12.1 Å². The average Bonchev–Trinajstić information content (AvgIpc) is 3.63. The van der Waals surface area contributed by atoms with Crippen molar-refractivity contribution < 1.29 is 18.0 Å².